The minimum Gasteiger partial charge on any atom is -0.135 e. The SMILES string of the molecule is [2H]c1c([2H])c([2H])c2c(-c3cccc4c3ccc3ccccc34)c3c([2H])c([2H])c([2H])c([2H])c3c(-c3ccc4c(c3)sc3cc(-c5ccccc5)ccc34)c2c1[2H]. The van der Waals surface area contributed by atoms with Crippen molar-refractivity contribution in [3.05, 3.63) is 170 Å². The summed E-state index contributed by atoms with van der Waals surface area (Å²) in [4.78, 5) is 0. The normalized spacial score (nSPS) is 14.2. The van der Waals surface area contributed by atoms with Gasteiger partial charge in [-0.15, -0.1) is 11.3 Å². The highest BCUT2D eigenvalue weighted by molar-refractivity contribution is 7.25. The maximum atomic E-state index is 9.42. The Morgan fingerprint density at radius 3 is 1.66 bits per heavy atom. The zero-order valence-corrected chi connectivity index (χ0v) is 25.8. The molecule has 1 heterocycles. The summed E-state index contributed by atoms with van der Waals surface area (Å²) in [5.41, 5.74) is 4.13. The molecule has 0 nitrogen and oxygen atoms in total. The summed E-state index contributed by atoms with van der Waals surface area (Å²) in [5, 5.41) is 6.73. The van der Waals surface area contributed by atoms with Gasteiger partial charge in [0.15, 0.2) is 0 Å². The molecule has 1 heteroatoms. The van der Waals surface area contributed by atoms with E-state index in [1.807, 2.05) is 91.0 Å². The molecule has 0 atom stereocenters. The first-order chi connectivity index (χ1) is 26.6. The van der Waals surface area contributed by atoms with E-state index in [-0.39, 0.29) is 45.7 Å². The van der Waals surface area contributed by atoms with Gasteiger partial charge in [-0.1, -0.05) is 158 Å². The smallest absolute Gasteiger partial charge is 0.0629 e. The van der Waals surface area contributed by atoms with E-state index in [2.05, 4.69) is 30.3 Å². The Kier molecular flexibility index (Phi) is 4.35. The molecule has 0 aliphatic carbocycles. The summed E-state index contributed by atoms with van der Waals surface area (Å²) in [7, 11) is 0. The van der Waals surface area contributed by atoms with Crippen molar-refractivity contribution in [2.24, 2.45) is 0 Å². The molecule has 0 saturated heterocycles. The van der Waals surface area contributed by atoms with Gasteiger partial charge in [0.05, 0.1) is 11.0 Å². The van der Waals surface area contributed by atoms with E-state index in [4.69, 9.17) is 5.48 Å². The highest BCUT2D eigenvalue weighted by atomic mass is 32.1. The zero-order chi connectivity index (χ0) is 37.9. The van der Waals surface area contributed by atoms with Crippen molar-refractivity contribution in [2.45, 2.75) is 0 Å². The van der Waals surface area contributed by atoms with Crippen molar-refractivity contribution in [1.82, 2.24) is 0 Å². The van der Waals surface area contributed by atoms with E-state index in [1.165, 1.54) is 0 Å². The number of hydrogen-bond acceptors (Lipinski definition) is 1. The van der Waals surface area contributed by atoms with Crippen LogP contribution in [0.4, 0.5) is 0 Å². The minimum atomic E-state index is -0.412. The average Bonchev–Trinajstić information content (AvgIpc) is 3.59. The predicted molar refractivity (Wildman–Crippen MR) is 206 cm³/mol. The molecule has 10 rings (SSSR count). The molecule has 218 valence electrons. The maximum Gasteiger partial charge on any atom is 0.0629 e. The zero-order valence-electron chi connectivity index (χ0n) is 33.0. The predicted octanol–water partition coefficient (Wildman–Crippen LogP) is 13.7. The second-order valence-electron chi connectivity index (χ2n) is 11.8. The highest BCUT2D eigenvalue weighted by Gasteiger charge is 2.19. The Morgan fingerprint density at radius 1 is 0.362 bits per heavy atom. The van der Waals surface area contributed by atoms with E-state index in [9.17, 15) is 5.48 Å². The second kappa shape index (κ2) is 10.4. The Morgan fingerprint density at radius 2 is 0.936 bits per heavy atom. The Labute approximate surface area is 288 Å². The largest absolute Gasteiger partial charge is 0.135 e. The van der Waals surface area contributed by atoms with Crippen molar-refractivity contribution in [1.29, 1.82) is 0 Å². The molecule has 1 aromatic heterocycles. The second-order valence-corrected chi connectivity index (χ2v) is 12.9. The van der Waals surface area contributed by atoms with Crippen LogP contribution in [0.25, 0.3) is 96.6 Å². The van der Waals surface area contributed by atoms with Crippen LogP contribution in [0.3, 0.4) is 0 Å². The molecule has 0 radical (unpaired) electrons. The number of hydrogen-bond donors (Lipinski definition) is 0. The van der Waals surface area contributed by atoms with Gasteiger partial charge in [0.2, 0.25) is 0 Å². The fraction of sp³-hybridized carbons (Fsp3) is 0. The van der Waals surface area contributed by atoms with Crippen LogP contribution in [0.15, 0.2) is 170 Å². The molecule has 0 spiro atoms. The van der Waals surface area contributed by atoms with Crippen LogP contribution in [-0.4, -0.2) is 0 Å². The molecule has 10 aromatic rings. The van der Waals surface area contributed by atoms with Crippen LogP contribution in [0.1, 0.15) is 11.0 Å². The number of rotatable bonds is 3. The third-order valence-electron chi connectivity index (χ3n) is 9.30. The summed E-state index contributed by atoms with van der Waals surface area (Å²) >= 11 is 1.62. The molecule has 0 amide bonds. The summed E-state index contributed by atoms with van der Waals surface area (Å²) in [5.74, 6) is 0. The molecular weight excluding hydrogens is 585 g/mol. The molecule has 0 unspecified atom stereocenters. The Bertz CT molecular complexity index is 3220. The van der Waals surface area contributed by atoms with E-state index < -0.39 is 24.2 Å². The Balaban J connectivity index is 1.37. The van der Waals surface area contributed by atoms with Gasteiger partial charge in [-0.2, -0.15) is 0 Å². The van der Waals surface area contributed by atoms with Gasteiger partial charge in [-0.3, -0.25) is 0 Å². The lowest BCUT2D eigenvalue weighted by Gasteiger charge is -2.19. The fourth-order valence-electron chi connectivity index (χ4n) is 7.18. The first kappa shape index (κ1) is 19.7. The summed E-state index contributed by atoms with van der Waals surface area (Å²) < 4.78 is 75.1. The standard InChI is InChI=1S/C46H28S/c1-2-11-29(12-3-1)31-22-25-36-37-26-23-32(28-44(37)47-43(36)27-31)45-39-15-6-8-17-41(39)46(42-18-9-7-16-40(42)45)38-20-10-19-34-33-14-5-4-13-30(33)21-24-35(34)38/h1-28H/i6D,7D,8D,9D,15D,16D,17D,18D. The molecule has 0 aliphatic rings. The Hall–Kier alpha value is -5.76. The van der Waals surface area contributed by atoms with Crippen molar-refractivity contribution in [3.63, 3.8) is 0 Å². The lowest BCUT2D eigenvalue weighted by atomic mass is 9.84. The van der Waals surface area contributed by atoms with E-state index in [0.717, 1.165) is 52.8 Å². The third-order valence-corrected chi connectivity index (χ3v) is 10.4. The van der Waals surface area contributed by atoms with Crippen molar-refractivity contribution in [3.8, 4) is 33.4 Å². The molecular formula is C46H28S. The minimum absolute atomic E-state index is 0.211. The van der Waals surface area contributed by atoms with Crippen LogP contribution in [-0.2, 0) is 0 Å². The first-order valence-electron chi connectivity index (χ1n) is 19.5. The van der Waals surface area contributed by atoms with Crippen LogP contribution >= 0.6 is 11.3 Å². The topological polar surface area (TPSA) is 0 Å². The molecule has 0 bridgehead atoms. The molecule has 0 N–H and O–H groups in total. The van der Waals surface area contributed by atoms with Gasteiger partial charge < -0.3 is 0 Å². The van der Waals surface area contributed by atoms with Crippen LogP contribution < -0.4 is 0 Å². The van der Waals surface area contributed by atoms with Crippen molar-refractivity contribution >= 4 is 74.6 Å². The summed E-state index contributed by atoms with van der Waals surface area (Å²) in [6.07, 6.45) is 0. The maximum absolute atomic E-state index is 9.42. The van der Waals surface area contributed by atoms with Gasteiger partial charge in [0.25, 0.3) is 0 Å². The third kappa shape index (κ3) is 4.07. The van der Waals surface area contributed by atoms with Gasteiger partial charge in [0.1, 0.15) is 0 Å². The molecule has 47 heavy (non-hydrogen) atoms. The quantitative estimate of drug-likeness (QED) is 0.136. The van der Waals surface area contributed by atoms with Crippen LogP contribution in [0.5, 0.6) is 0 Å². The van der Waals surface area contributed by atoms with Crippen LogP contribution in [0.2, 0.25) is 0 Å². The van der Waals surface area contributed by atoms with Gasteiger partial charge in [-0.25, -0.2) is 0 Å². The van der Waals surface area contributed by atoms with Gasteiger partial charge in [0, 0.05) is 20.2 Å². The van der Waals surface area contributed by atoms with E-state index in [1.54, 1.807) is 11.3 Å². The molecule has 0 aliphatic heterocycles. The molecule has 9 aromatic carbocycles. The summed E-state index contributed by atoms with van der Waals surface area (Å²) in [6, 6.07) is 37.5. The monoisotopic (exact) mass is 620 g/mol. The van der Waals surface area contributed by atoms with Crippen LogP contribution in [0, 0.1) is 0 Å². The lowest BCUT2D eigenvalue weighted by Crippen LogP contribution is -1.91. The number of fused-ring (bicyclic) bond motifs is 8. The average molecular weight is 621 g/mol. The van der Waals surface area contributed by atoms with E-state index in [0.29, 0.717) is 22.3 Å². The molecule has 0 saturated carbocycles. The van der Waals surface area contributed by atoms with Crippen molar-refractivity contribution in [2.75, 3.05) is 0 Å². The summed E-state index contributed by atoms with van der Waals surface area (Å²) in [6.45, 7) is 0. The molecule has 0 fully saturated rings. The van der Waals surface area contributed by atoms with Gasteiger partial charge in [-0.05, 0) is 88.6 Å². The first-order valence-corrected chi connectivity index (χ1v) is 16.3. The fourth-order valence-corrected chi connectivity index (χ4v) is 8.37. The van der Waals surface area contributed by atoms with Gasteiger partial charge >= 0.3 is 0 Å². The number of thiophene rings is 1. The number of benzene rings is 9. The lowest BCUT2D eigenvalue weighted by molar-refractivity contribution is 1.66. The highest BCUT2D eigenvalue weighted by Crippen LogP contribution is 2.47. The van der Waals surface area contributed by atoms with Crippen molar-refractivity contribution < 1.29 is 11.0 Å². The van der Waals surface area contributed by atoms with E-state index >= 15 is 0 Å².